The number of aliphatic hydroxyl groups is 3. The number of aliphatic hydroxyl groups excluding tert-OH is 3. The van der Waals surface area contributed by atoms with Crippen LogP contribution in [0.4, 0.5) is 0 Å². The van der Waals surface area contributed by atoms with Crippen LogP contribution in [-0.2, 0) is 20.2 Å². The van der Waals surface area contributed by atoms with E-state index in [9.17, 15) is 29.7 Å². The van der Waals surface area contributed by atoms with Crippen molar-refractivity contribution in [3.8, 4) is 0 Å². The zero-order chi connectivity index (χ0) is 17.0. The first-order chi connectivity index (χ1) is 10.8. The van der Waals surface area contributed by atoms with Crippen LogP contribution in [0, 0.1) is 0 Å². The van der Waals surface area contributed by atoms with Crippen molar-refractivity contribution in [2.45, 2.75) is 43.4 Å². The third kappa shape index (κ3) is 8.37. The van der Waals surface area contributed by atoms with E-state index in [1.807, 2.05) is 30.3 Å². The minimum absolute atomic E-state index is 0. The first kappa shape index (κ1) is 26.2. The van der Waals surface area contributed by atoms with Gasteiger partial charge in [0.15, 0.2) is 0 Å². The Balaban J connectivity index is 0.00000288. The Morgan fingerprint density at radius 3 is 2.12 bits per heavy atom. The van der Waals surface area contributed by atoms with Gasteiger partial charge in [-0.05, 0) is 18.4 Å². The predicted octanol–water partition coefficient (Wildman–Crippen LogP) is -7.68. The molecule has 1 aromatic rings. The summed E-state index contributed by atoms with van der Waals surface area (Å²) in [5, 5.41) is 29.6. The van der Waals surface area contributed by atoms with Crippen LogP contribution in [0.3, 0.4) is 0 Å². The molecule has 0 bridgehead atoms. The SMILES string of the molecule is O=P([O-])([O-])OCC1OC(CCc2ccccc2)C(O)C(O)C1O.[Na+].[Na+]. The average Bonchev–Trinajstić information content (AvgIpc) is 2.51. The standard InChI is InChI=1S/C14H21O8P.2Na/c15-12-10(7-6-9-4-2-1-3-5-9)22-11(13(16)14(12)17)8-21-23(18,19)20;;/h1-5,10-17H,6-8H2,(H2,18,19,20);;/q;2*+1/p-2. The van der Waals surface area contributed by atoms with Crippen molar-refractivity contribution in [1.29, 1.82) is 0 Å². The molecular formula is C14H19Na2O8P. The molecule has 0 spiro atoms. The van der Waals surface area contributed by atoms with Gasteiger partial charge in [-0.15, -0.1) is 0 Å². The molecule has 11 heteroatoms. The van der Waals surface area contributed by atoms with Crippen molar-refractivity contribution < 1.29 is 98.0 Å². The molecule has 130 valence electrons. The third-order valence-corrected chi connectivity index (χ3v) is 4.23. The van der Waals surface area contributed by atoms with Crippen molar-refractivity contribution in [3.63, 3.8) is 0 Å². The Morgan fingerprint density at radius 2 is 1.56 bits per heavy atom. The number of aryl methyl sites for hydroxylation is 1. The molecule has 1 heterocycles. The normalized spacial score (nSPS) is 29.4. The molecule has 1 aliphatic rings. The van der Waals surface area contributed by atoms with E-state index in [2.05, 4.69) is 4.52 Å². The van der Waals surface area contributed by atoms with Crippen LogP contribution in [0.5, 0.6) is 0 Å². The van der Waals surface area contributed by atoms with Crippen molar-refractivity contribution in [3.05, 3.63) is 35.9 Å². The smallest absolute Gasteiger partial charge is 0.790 e. The van der Waals surface area contributed by atoms with E-state index in [-0.39, 0.29) is 59.1 Å². The summed E-state index contributed by atoms with van der Waals surface area (Å²) in [6.45, 7) is -0.711. The molecule has 0 amide bonds. The second kappa shape index (κ2) is 11.9. The predicted molar refractivity (Wildman–Crippen MR) is 75.0 cm³/mol. The van der Waals surface area contributed by atoms with Crippen LogP contribution in [0.1, 0.15) is 12.0 Å². The van der Waals surface area contributed by atoms with Gasteiger partial charge >= 0.3 is 59.1 Å². The van der Waals surface area contributed by atoms with Crippen molar-refractivity contribution in [1.82, 2.24) is 0 Å². The number of phosphoric ester groups is 1. The Morgan fingerprint density at radius 1 is 1.00 bits per heavy atom. The fraction of sp³-hybridized carbons (Fsp3) is 0.571. The Bertz CT molecular complexity index is 543. The topological polar surface area (TPSA) is 142 Å². The summed E-state index contributed by atoms with van der Waals surface area (Å²) < 4.78 is 20.0. The fourth-order valence-electron chi connectivity index (χ4n) is 2.52. The zero-order valence-corrected chi connectivity index (χ0v) is 19.1. The molecule has 8 nitrogen and oxygen atoms in total. The molecule has 1 aromatic carbocycles. The van der Waals surface area contributed by atoms with E-state index in [1.165, 1.54) is 0 Å². The quantitative estimate of drug-likeness (QED) is 0.320. The maximum absolute atomic E-state index is 10.5. The summed E-state index contributed by atoms with van der Waals surface area (Å²) >= 11 is 0. The van der Waals surface area contributed by atoms with E-state index < -0.39 is 44.9 Å². The second-order valence-corrected chi connectivity index (χ2v) is 6.60. The average molecular weight is 392 g/mol. The van der Waals surface area contributed by atoms with Crippen LogP contribution >= 0.6 is 7.82 Å². The summed E-state index contributed by atoms with van der Waals surface area (Å²) in [7, 11) is -5.21. The van der Waals surface area contributed by atoms with Gasteiger partial charge in [-0.1, -0.05) is 30.3 Å². The first-order valence-electron chi connectivity index (χ1n) is 7.18. The Kier molecular flexibility index (Phi) is 12.4. The maximum atomic E-state index is 10.5. The van der Waals surface area contributed by atoms with Crippen LogP contribution in [-0.4, -0.2) is 52.4 Å². The molecule has 5 atom stereocenters. The van der Waals surface area contributed by atoms with Crippen molar-refractivity contribution in [2.75, 3.05) is 6.61 Å². The zero-order valence-electron chi connectivity index (χ0n) is 14.2. The minimum Gasteiger partial charge on any atom is -0.790 e. The van der Waals surface area contributed by atoms with Crippen LogP contribution in [0.25, 0.3) is 0 Å². The molecule has 1 saturated heterocycles. The Hall–Kier alpha value is 1.17. The monoisotopic (exact) mass is 392 g/mol. The van der Waals surface area contributed by atoms with Gasteiger partial charge in [0.05, 0.1) is 20.5 Å². The number of benzene rings is 1. The van der Waals surface area contributed by atoms with Gasteiger partial charge in [-0.25, -0.2) is 0 Å². The van der Waals surface area contributed by atoms with Gasteiger partial charge in [0.25, 0.3) is 0 Å². The molecule has 1 fully saturated rings. The van der Waals surface area contributed by atoms with Gasteiger partial charge in [0.2, 0.25) is 0 Å². The van der Waals surface area contributed by atoms with E-state index in [0.717, 1.165) is 5.56 Å². The number of hydrogen-bond acceptors (Lipinski definition) is 8. The third-order valence-electron chi connectivity index (χ3n) is 3.77. The first-order valence-corrected chi connectivity index (χ1v) is 8.64. The van der Waals surface area contributed by atoms with E-state index in [1.54, 1.807) is 0 Å². The summed E-state index contributed by atoms with van der Waals surface area (Å²) in [5.74, 6) is 0. The molecule has 3 N–H and O–H groups in total. The van der Waals surface area contributed by atoms with Gasteiger partial charge < -0.3 is 38.9 Å². The molecule has 0 radical (unpaired) electrons. The van der Waals surface area contributed by atoms with Crippen LogP contribution in [0.15, 0.2) is 30.3 Å². The van der Waals surface area contributed by atoms with Crippen molar-refractivity contribution >= 4 is 7.82 Å². The molecule has 0 aliphatic carbocycles. The summed E-state index contributed by atoms with van der Waals surface area (Å²) in [6.07, 6.45) is -5.53. The number of ether oxygens (including phenoxy) is 1. The maximum Gasteiger partial charge on any atom is 1.00 e. The largest absolute Gasteiger partial charge is 1.00 e. The van der Waals surface area contributed by atoms with Crippen LogP contribution in [0.2, 0.25) is 0 Å². The van der Waals surface area contributed by atoms with E-state index in [4.69, 9.17) is 4.74 Å². The van der Waals surface area contributed by atoms with Crippen LogP contribution < -0.4 is 68.9 Å². The second-order valence-electron chi connectivity index (χ2n) is 5.45. The molecule has 2 rings (SSSR count). The molecule has 0 saturated carbocycles. The molecule has 0 aromatic heterocycles. The Labute approximate surface area is 190 Å². The minimum atomic E-state index is -5.21. The summed E-state index contributed by atoms with van der Waals surface area (Å²) in [6, 6.07) is 9.39. The van der Waals surface area contributed by atoms with Gasteiger partial charge in [-0.2, -0.15) is 0 Å². The van der Waals surface area contributed by atoms with Gasteiger partial charge in [0, 0.05) is 0 Å². The fourth-order valence-corrected chi connectivity index (χ4v) is 2.85. The number of rotatable bonds is 6. The molecule has 1 aliphatic heterocycles. The van der Waals surface area contributed by atoms with Gasteiger partial charge in [-0.3, -0.25) is 0 Å². The van der Waals surface area contributed by atoms with Crippen molar-refractivity contribution in [2.24, 2.45) is 0 Å². The van der Waals surface area contributed by atoms with E-state index >= 15 is 0 Å². The molecule has 5 unspecified atom stereocenters. The number of hydrogen-bond donors (Lipinski definition) is 3. The van der Waals surface area contributed by atoms with E-state index in [0.29, 0.717) is 12.8 Å². The molecular weight excluding hydrogens is 373 g/mol. The number of phosphoric acid groups is 1. The summed E-state index contributed by atoms with van der Waals surface area (Å²) in [5.41, 5.74) is 1.00. The molecule has 25 heavy (non-hydrogen) atoms. The summed E-state index contributed by atoms with van der Waals surface area (Å²) in [4.78, 5) is 21.0. The van der Waals surface area contributed by atoms with Gasteiger partial charge in [0.1, 0.15) is 24.4 Å².